The molecule has 0 saturated carbocycles. The van der Waals surface area contributed by atoms with Gasteiger partial charge in [-0.05, 0) is 46.6 Å². The second kappa shape index (κ2) is 4.71. The Hall–Kier alpha value is -1.62. The zero-order valence-corrected chi connectivity index (χ0v) is 10.8. The number of benzene rings is 1. The number of anilines is 3. The average molecular weight is 296 g/mol. The summed E-state index contributed by atoms with van der Waals surface area (Å²) < 4.78 is 13.4. The second-order valence-corrected chi connectivity index (χ2v) is 4.53. The van der Waals surface area contributed by atoms with Gasteiger partial charge in [-0.3, -0.25) is 0 Å². The molecular formula is C12H11BrFN3. The minimum atomic E-state index is -0.299. The van der Waals surface area contributed by atoms with Gasteiger partial charge in [-0.2, -0.15) is 0 Å². The first-order chi connectivity index (χ1) is 8.06. The number of nitrogens with one attached hydrogen (secondary N) is 1. The van der Waals surface area contributed by atoms with Crippen LogP contribution in [0.25, 0.3) is 0 Å². The Morgan fingerprint density at radius 3 is 2.76 bits per heavy atom. The summed E-state index contributed by atoms with van der Waals surface area (Å²) in [7, 11) is 0. The van der Waals surface area contributed by atoms with E-state index < -0.39 is 0 Å². The molecule has 0 bridgehead atoms. The molecule has 0 radical (unpaired) electrons. The average Bonchev–Trinajstić information content (AvgIpc) is 2.29. The molecule has 0 unspecified atom stereocenters. The van der Waals surface area contributed by atoms with Crippen molar-refractivity contribution < 1.29 is 4.39 Å². The van der Waals surface area contributed by atoms with Crippen molar-refractivity contribution in [3.63, 3.8) is 0 Å². The van der Waals surface area contributed by atoms with E-state index in [-0.39, 0.29) is 5.82 Å². The molecule has 2 aromatic rings. The number of pyridine rings is 1. The SMILES string of the molecule is Cc1cnc(Nc2ccc(F)c(Br)c2)cc1N. The maximum absolute atomic E-state index is 13.0. The van der Waals surface area contributed by atoms with E-state index in [9.17, 15) is 4.39 Å². The molecule has 3 N–H and O–H groups in total. The molecule has 0 fully saturated rings. The van der Waals surface area contributed by atoms with Crippen molar-refractivity contribution in [3.8, 4) is 0 Å². The van der Waals surface area contributed by atoms with Gasteiger partial charge in [0.25, 0.3) is 0 Å². The fourth-order valence-electron chi connectivity index (χ4n) is 1.33. The summed E-state index contributed by atoms with van der Waals surface area (Å²) in [5.41, 5.74) is 8.12. The summed E-state index contributed by atoms with van der Waals surface area (Å²) in [5, 5.41) is 3.05. The molecule has 0 amide bonds. The van der Waals surface area contributed by atoms with Gasteiger partial charge in [0.2, 0.25) is 0 Å². The number of hydrogen-bond acceptors (Lipinski definition) is 3. The number of hydrogen-bond donors (Lipinski definition) is 2. The lowest BCUT2D eigenvalue weighted by Gasteiger charge is -2.08. The first kappa shape index (κ1) is 11.9. The number of nitrogen functional groups attached to an aromatic ring is 1. The molecule has 1 aromatic heterocycles. The number of halogens is 2. The Morgan fingerprint density at radius 1 is 1.35 bits per heavy atom. The van der Waals surface area contributed by atoms with E-state index in [0.717, 1.165) is 11.3 Å². The van der Waals surface area contributed by atoms with Crippen molar-refractivity contribution in [1.82, 2.24) is 4.98 Å². The van der Waals surface area contributed by atoms with E-state index in [2.05, 4.69) is 26.2 Å². The number of aryl methyl sites for hydroxylation is 1. The monoisotopic (exact) mass is 295 g/mol. The van der Waals surface area contributed by atoms with Crippen LogP contribution in [0.5, 0.6) is 0 Å². The second-order valence-electron chi connectivity index (χ2n) is 3.68. The predicted octanol–water partition coefficient (Wildman–Crippen LogP) is 3.62. The van der Waals surface area contributed by atoms with Gasteiger partial charge in [-0.25, -0.2) is 9.37 Å². The molecule has 0 atom stereocenters. The zero-order chi connectivity index (χ0) is 12.4. The predicted molar refractivity (Wildman–Crippen MR) is 70.8 cm³/mol. The standard InChI is InChI=1S/C12H11BrFN3/c1-7-6-16-12(5-11(7)15)17-8-2-3-10(14)9(13)4-8/h2-6H,1H3,(H3,15,16,17). The van der Waals surface area contributed by atoms with Crippen molar-refractivity contribution in [2.45, 2.75) is 6.92 Å². The van der Waals surface area contributed by atoms with Gasteiger partial charge < -0.3 is 11.1 Å². The topological polar surface area (TPSA) is 50.9 Å². The minimum Gasteiger partial charge on any atom is -0.398 e. The molecular weight excluding hydrogens is 285 g/mol. The molecule has 17 heavy (non-hydrogen) atoms. The quantitative estimate of drug-likeness (QED) is 0.890. The van der Waals surface area contributed by atoms with Crippen molar-refractivity contribution in [3.05, 3.63) is 46.3 Å². The third kappa shape index (κ3) is 2.74. The van der Waals surface area contributed by atoms with Crippen molar-refractivity contribution >= 4 is 33.1 Å². The summed E-state index contributed by atoms with van der Waals surface area (Å²) in [6, 6.07) is 6.40. The smallest absolute Gasteiger partial charge is 0.137 e. The van der Waals surface area contributed by atoms with Crippen LogP contribution in [0.15, 0.2) is 34.9 Å². The highest BCUT2D eigenvalue weighted by atomic mass is 79.9. The van der Waals surface area contributed by atoms with E-state index >= 15 is 0 Å². The Bertz CT molecular complexity index is 508. The highest BCUT2D eigenvalue weighted by Gasteiger charge is 2.02. The molecule has 0 saturated heterocycles. The van der Waals surface area contributed by atoms with Crippen LogP contribution in [0.4, 0.5) is 21.6 Å². The van der Waals surface area contributed by atoms with E-state index in [1.165, 1.54) is 6.07 Å². The van der Waals surface area contributed by atoms with Crippen LogP contribution in [0, 0.1) is 12.7 Å². The van der Waals surface area contributed by atoms with Crippen molar-refractivity contribution in [2.24, 2.45) is 0 Å². The minimum absolute atomic E-state index is 0.299. The van der Waals surface area contributed by atoms with E-state index in [4.69, 9.17) is 5.73 Å². The number of aromatic nitrogens is 1. The van der Waals surface area contributed by atoms with Crippen LogP contribution < -0.4 is 11.1 Å². The molecule has 2 rings (SSSR count). The first-order valence-electron chi connectivity index (χ1n) is 5.00. The summed E-state index contributed by atoms with van der Waals surface area (Å²) in [4.78, 5) is 4.19. The largest absolute Gasteiger partial charge is 0.398 e. The van der Waals surface area contributed by atoms with Gasteiger partial charge in [0.05, 0.1) is 4.47 Å². The Labute approximate surface area is 107 Å². The van der Waals surface area contributed by atoms with Gasteiger partial charge in [-0.1, -0.05) is 0 Å². The van der Waals surface area contributed by atoms with E-state index in [1.807, 2.05) is 6.92 Å². The Kier molecular flexibility index (Phi) is 3.28. The van der Waals surface area contributed by atoms with Crippen molar-refractivity contribution in [2.75, 3.05) is 11.1 Å². The van der Waals surface area contributed by atoms with Crippen LogP contribution in [0.3, 0.4) is 0 Å². The Balaban J connectivity index is 2.25. The van der Waals surface area contributed by atoms with Gasteiger partial charge >= 0.3 is 0 Å². The van der Waals surface area contributed by atoms with Crippen LogP contribution in [-0.4, -0.2) is 4.98 Å². The van der Waals surface area contributed by atoms with Gasteiger partial charge in [-0.15, -0.1) is 0 Å². The molecule has 0 aliphatic heterocycles. The molecule has 88 valence electrons. The molecule has 0 aliphatic rings. The zero-order valence-electron chi connectivity index (χ0n) is 9.17. The van der Waals surface area contributed by atoms with Crippen LogP contribution in [0.2, 0.25) is 0 Å². The third-order valence-electron chi connectivity index (χ3n) is 2.34. The van der Waals surface area contributed by atoms with Crippen LogP contribution in [0.1, 0.15) is 5.56 Å². The fraction of sp³-hybridized carbons (Fsp3) is 0.0833. The van der Waals surface area contributed by atoms with E-state index in [1.54, 1.807) is 24.4 Å². The normalized spacial score (nSPS) is 10.3. The molecule has 1 heterocycles. The summed E-state index contributed by atoms with van der Waals surface area (Å²) in [6.07, 6.45) is 1.69. The highest BCUT2D eigenvalue weighted by Crippen LogP contribution is 2.23. The molecule has 1 aromatic carbocycles. The maximum Gasteiger partial charge on any atom is 0.137 e. The molecule has 0 aliphatic carbocycles. The lowest BCUT2D eigenvalue weighted by Crippen LogP contribution is -1.97. The lowest BCUT2D eigenvalue weighted by atomic mass is 10.2. The maximum atomic E-state index is 13.0. The van der Waals surface area contributed by atoms with Crippen LogP contribution in [-0.2, 0) is 0 Å². The highest BCUT2D eigenvalue weighted by molar-refractivity contribution is 9.10. The lowest BCUT2D eigenvalue weighted by molar-refractivity contribution is 0.621. The van der Waals surface area contributed by atoms with Gasteiger partial charge in [0.1, 0.15) is 11.6 Å². The van der Waals surface area contributed by atoms with E-state index in [0.29, 0.717) is 16.0 Å². The summed E-state index contributed by atoms with van der Waals surface area (Å²) >= 11 is 3.13. The van der Waals surface area contributed by atoms with Crippen molar-refractivity contribution in [1.29, 1.82) is 0 Å². The first-order valence-corrected chi connectivity index (χ1v) is 5.80. The molecule has 3 nitrogen and oxygen atoms in total. The van der Waals surface area contributed by atoms with Gasteiger partial charge in [0.15, 0.2) is 0 Å². The fourth-order valence-corrected chi connectivity index (χ4v) is 1.71. The van der Waals surface area contributed by atoms with Gasteiger partial charge in [0, 0.05) is 23.6 Å². The molecule has 0 spiro atoms. The Morgan fingerprint density at radius 2 is 2.12 bits per heavy atom. The summed E-state index contributed by atoms with van der Waals surface area (Å²) in [6.45, 7) is 1.89. The summed E-state index contributed by atoms with van der Waals surface area (Å²) in [5.74, 6) is 0.332. The number of nitrogens with zero attached hydrogens (tertiary/aromatic N) is 1. The van der Waals surface area contributed by atoms with Crippen LogP contribution >= 0.6 is 15.9 Å². The molecule has 5 heteroatoms. The third-order valence-corrected chi connectivity index (χ3v) is 2.94. The number of rotatable bonds is 2. The number of nitrogens with two attached hydrogens (primary N) is 1.